The van der Waals surface area contributed by atoms with Gasteiger partial charge in [0.05, 0.1) is 0 Å². The summed E-state index contributed by atoms with van der Waals surface area (Å²) in [5, 5.41) is 0. The second-order valence-corrected chi connectivity index (χ2v) is 7.43. The zero-order valence-electron chi connectivity index (χ0n) is 11.4. The lowest BCUT2D eigenvalue weighted by molar-refractivity contribution is 0.386. The van der Waals surface area contributed by atoms with Crippen LogP contribution in [0, 0.1) is 0 Å². The fourth-order valence-electron chi connectivity index (χ4n) is 3.35. The quantitative estimate of drug-likeness (QED) is 0.535. The van der Waals surface area contributed by atoms with Gasteiger partial charge in [-0.05, 0) is 60.1 Å². The van der Waals surface area contributed by atoms with E-state index in [1.54, 1.807) is 0 Å². The lowest BCUT2D eigenvalue weighted by atomic mass is 9.72. The Morgan fingerprint density at radius 1 is 0.600 bits per heavy atom. The van der Waals surface area contributed by atoms with Gasteiger partial charge in [-0.1, -0.05) is 69.0 Å². The first-order valence-electron chi connectivity index (χ1n) is 7.25. The van der Waals surface area contributed by atoms with E-state index in [4.69, 9.17) is 0 Å². The van der Waals surface area contributed by atoms with Crippen LogP contribution in [0.1, 0.15) is 48.6 Å². The number of benzene rings is 2. The van der Waals surface area contributed by atoms with Crippen molar-refractivity contribution in [2.24, 2.45) is 0 Å². The van der Waals surface area contributed by atoms with E-state index in [1.165, 1.54) is 36.8 Å². The summed E-state index contributed by atoms with van der Waals surface area (Å²) in [7, 11) is 0. The SMILES string of the molecule is Brc1ccc(C2CCCCC2c2ccc(Br)cc2)cc1. The number of halogens is 2. The third kappa shape index (κ3) is 3.17. The summed E-state index contributed by atoms with van der Waals surface area (Å²) < 4.78 is 2.33. The van der Waals surface area contributed by atoms with Gasteiger partial charge < -0.3 is 0 Å². The van der Waals surface area contributed by atoms with Crippen molar-refractivity contribution in [3.8, 4) is 0 Å². The van der Waals surface area contributed by atoms with Crippen LogP contribution in [0.4, 0.5) is 0 Å². The van der Waals surface area contributed by atoms with Crippen LogP contribution in [-0.4, -0.2) is 0 Å². The average Bonchev–Trinajstić information content (AvgIpc) is 2.49. The molecule has 0 spiro atoms. The van der Waals surface area contributed by atoms with Crippen molar-refractivity contribution in [2.45, 2.75) is 37.5 Å². The summed E-state index contributed by atoms with van der Waals surface area (Å²) in [5.41, 5.74) is 2.97. The lowest BCUT2D eigenvalue weighted by Gasteiger charge is -2.32. The minimum Gasteiger partial charge on any atom is -0.0576 e. The molecular formula is C18H18Br2. The number of hydrogen-bond donors (Lipinski definition) is 0. The molecule has 2 atom stereocenters. The standard InChI is InChI=1S/C18H18Br2/c19-15-9-5-13(6-10-15)17-3-1-2-4-18(17)14-7-11-16(20)12-8-14/h5-12,17-18H,1-4H2. The second kappa shape index (κ2) is 6.44. The minimum atomic E-state index is 0.665. The first kappa shape index (κ1) is 14.3. The highest BCUT2D eigenvalue weighted by molar-refractivity contribution is 9.10. The largest absolute Gasteiger partial charge is 0.0576 e. The summed E-state index contributed by atoms with van der Waals surface area (Å²) in [6.07, 6.45) is 5.33. The van der Waals surface area contributed by atoms with Gasteiger partial charge in [-0.2, -0.15) is 0 Å². The Morgan fingerprint density at radius 2 is 0.950 bits per heavy atom. The van der Waals surface area contributed by atoms with E-state index >= 15 is 0 Å². The summed E-state index contributed by atoms with van der Waals surface area (Å²) in [5.74, 6) is 1.33. The van der Waals surface area contributed by atoms with E-state index in [-0.39, 0.29) is 0 Å². The topological polar surface area (TPSA) is 0 Å². The maximum Gasteiger partial charge on any atom is 0.0175 e. The van der Waals surface area contributed by atoms with Crippen molar-refractivity contribution < 1.29 is 0 Å². The van der Waals surface area contributed by atoms with Crippen LogP contribution in [0.5, 0.6) is 0 Å². The van der Waals surface area contributed by atoms with Crippen LogP contribution in [0.25, 0.3) is 0 Å². The fraction of sp³-hybridized carbons (Fsp3) is 0.333. The summed E-state index contributed by atoms with van der Waals surface area (Å²) in [6, 6.07) is 17.8. The highest BCUT2D eigenvalue weighted by Crippen LogP contribution is 2.44. The normalized spacial score (nSPS) is 22.7. The van der Waals surface area contributed by atoms with Crippen LogP contribution < -0.4 is 0 Å². The molecule has 1 aliphatic rings. The molecule has 0 heterocycles. The number of hydrogen-bond acceptors (Lipinski definition) is 0. The van der Waals surface area contributed by atoms with Gasteiger partial charge in [0.1, 0.15) is 0 Å². The lowest BCUT2D eigenvalue weighted by Crippen LogP contribution is -2.16. The Balaban J connectivity index is 1.90. The van der Waals surface area contributed by atoms with Gasteiger partial charge in [0, 0.05) is 8.95 Å². The van der Waals surface area contributed by atoms with E-state index in [1.807, 2.05) is 0 Å². The van der Waals surface area contributed by atoms with Crippen LogP contribution in [-0.2, 0) is 0 Å². The van der Waals surface area contributed by atoms with Gasteiger partial charge in [-0.3, -0.25) is 0 Å². The molecule has 2 aromatic carbocycles. The Bertz CT molecular complexity index is 503. The van der Waals surface area contributed by atoms with Gasteiger partial charge in [-0.25, -0.2) is 0 Å². The molecule has 0 aliphatic heterocycles. The summed E-state index contributed by atoms with van der Waals surface area (Å²) in [4.78, 5) is 0. The van der Waals surface area contributed by atoms with Gasteiger partial charge in [0.25, 0.3) is 0 Å². The predicted molar refractivity (Wildman–Crippen MR) is 92.2 cm³/mol. The van der Waals surface area contributed by atoms with Crippen molar-refractivity contribution in [2.75, 3.05) is 0 Å². The fourth-order valence-corrected chi connectivity index (χ4v) is 3.88. The second-order valence-electron chi connectivity index (χ2n) is 5.60. The molecule has 0 aromatic heterocycles. The zero-order chi connectivity index (χ0) is 13.9. The molecular weight excluding hydrogens is 376 g/mol. The van der Waals surface area contributed by atoms with Crippen molar-refractivity contribution >= 4 is 31.9 Å². The highest BCUT2D eigenvalue weighted by Gasteiger charge is 2.27. The molecule has 2 heteroatoms. The monoisotopic (exact) mass is 392 g/mol. The third-order valence-electron chi connectivity index (χ3n) is 4.36. The van der Waals surface area contributed by atoms with Crippen LogP contribution in [0.3, 0.4) is 0 Å². The van der Waals surface area contributed by atoms with Crippen LogP contribution >= 0.6 is 31.9 Å². The maximum absolute atomic E-state index is 3.53. The first-order chi connectivity index (χ1) is 9.74. The van der Waals surface area contributed by atoms with Gasteiger partial charge in [-0.15, -0.1) is 0 Å². The molecule has 0 nitrogen and oxygen atoms in total. The molecule has 0 saturated heterocycles. The molecule has 104 valence electrons. The Morgan fingerprint density at radius 3 is 1.30 bits per heavy atom. The third-order valence-corrected chi connectivity index (χ3v) is 5.42. The van der Waals surface area contributed by atoms with Gasteiger partial charge >= 0.3 is 0 Å². The van der Waals surface area contributed by atoms with E-state index in [0.717, 1.165) is 8.95 Å². The maximum atomic E-state index is 3.53. The molecule has 0 radical (unpaired) electrons. The molecule has 1 fully saturated rings. The summed E-state index contributed by atoms with van der Waals surface area (Å²) in [6.45, 7) is 0. The van der Waals surface area contributed by atoms with Gasteiger partial charge in [0.2, 0.25) is 0 Å². The zero-order valence-corrected chi connectivity index (χ0v) is 14.5. The van der Waals surface area contributed by atoms with E-state index < -0.39 is 0 Å². The van der Waals surface area contributed by atoms with Crippen molar-refractivity contribution in [1.29, 1.82) is 0 Å². The predicted octanol–water partition coefficient (Wildman–Crippen LogP) is 6.65. The van der Waals surface area contributed by atoms with Crippen molar-refractivity contribution in [3.63, 3.8) is 0 Å². The first-order valence-corrected chi connectivity index (χ1v) is 8.83. The van der Waals surface area contributed by atoms with Crippen molar-refractivity contribution in [3.05, 3.63) is 68.6 Å². The minimum absolute atomic E-state index is 0.665. The van der Waals surface area contributed by atoms with Crippen LogP contribution in [0.15, 0.2) is 57.5 Å². The molecule has 1 saturated carbocycles. The molecule has 1 aliphatic carbocycles. The number of rotatable bonds is 2. The Labute approximate surface area is 137 Å². The van der Waals surface area contributed by atoms with E-state index in [9.17, 15) is 0 Å². The molecule has 20 heavy (non-hydrogen) atoms. The molecule has 2 aromatic rings. The van der Waals surface area contributed by atoms with Crippen LogP contribution in [0.2, 0.25) is 0 Å². The smallest absolute Gasteiger partial charge is 0.0175 e. The molecule has 0 N–H and O–H groups in total. The Hall–Kier alpha value is -0.600. The van der Waals surface area contributed by atoms with E-state index in [0.29, 0.717) is 11.8 Å². The molecule has 2 unspecified atom stereocenters. The van der Waals surface area contributed by atoms with Crippen molar-refractivity contribution in [1.82, 2.24) is 0 Å². The molecule has 3 rings (SSSR count). The summed E-state index contributed by atoms with van der Waals surface area (Å²) >= 11 is 7.06. The molecule has 0 bridgehead atoms. The Kier molecular flexibility index (Phi) is 4.62. The van der Waals surface area contributed by atoms with E-state index in [2.05, 4.69) is 80.4 Å². The average molecular weight is 394 g/mol. The highest BCUT2D eigenvalue weighted by atomic mass is 79.9. The van der Waals surface area contributed by atoms with Gasteiger partial charge in [0.15, 0.2) is 0 Å². The molecule has 0 amide bonds.